The summed E-state index contributed by atoms with van der Waals surface area (Å²) < 4.78 is 1.22. The summed E-state index contributed by atoms with van der Waals surface area (Å²) in [4.78, 5) is 23.3. The summed E-state index contributed by atoms with van der Waals surface area (Å²) in [5.41, 5.74) is 3.03. The van der Waals surface area contributed by atoms with E-state index in [4.69, 9.17) is 10.4 Å². The molecule has 5 heteroatoms. The van der Waals surface area contributed by atoms with Crippen LogP contribution in [-0.4, -0.2) is 15.6 Å². The second-order valence-corrected chi connectivity index (χ2v) is 5.32. The number of aromatic nitrogens is 1. The van der Waals surface area contributed by atoms with Gasteiger partial charge in [-0.05, 0) is 54.2 Å². The van der Waals surface area contributed by atoms with Gasteiger partial charge in [-0.15, -0.1) is 0 Å². The number of carboxylic acid groups (broad SMARTS) is 1. The average molecular weight is 294 g/mol. The van der Waals surface area contributed by atoms with Crippen molar-refractivity contribution >= 4 is 5.97 Å². The van der Waals surface area contributed by atoms with E-state index in [9.17, 15) is 9.59 Å². The highest BCUT2D eigenvalue weighted by atomic mass is 16.4. The Morgan fingerprint density at radius 1 is 1.23 bits per heavy atom. The molecule has 0 saturated heterocycles. The normalized spacial score (nSPS) is 12.7. The lowest BCUT2D eigenvalue weighted by Crippen LogP contribution is -2.27. The van der Waals surface area contributed by atoms with Gasteiger partial charge in [-0.1, -0.05) is 12.1 Å². The van der Waals surface area contributed by atoms with Gasteiger partial charge in [0.25, 0.3) is 5.56 Å². The van der Waals surface area contributed by atoms with Crippen molar-refractivity contribution in [3.8, 4) is 17.3 Å². The van der Waals surface area contributed by atoms with Crippen LogP contribution in [0.25, 0.3) is 11.3 Å². The zero-order valence-corrected chi connectivity index (χ0v) is 11.9. The van der Waals surface area contributed by atoms with E-state index < -0.39 is 11.5 Å². The number of fused-ring (bicyclic) bond motifs is 1. The van der Waals surface area contributed by atoms with Crippen LogP contribution < -0.4 is 5.56 Å². The van der Waals surface area contributed by atoms with Crippen LogP contribution in [-0.2, 0) is 19.4 Å². The Kier molecular flexibility index (Phi) is 3.51. The van der Waals surface area contributed by atoms with E-state index in [1.807, 2.05) is 24.3 Å². The van der Waals surface area contributed by atoms with Crippen LogP contribution in [0.15, 0.2) is 35.1 Å². The summed E-state index contributed by atoms with van der Waals surface area (Å²) in [6, 6.07) is 10.8. The molecule has 3 rings (SSSR count). The lowest BCUT2D eigenvalue weighted by atomic mass is 10.0. The molecule has 0 radical (unpaired) electrons. The smallest absolute Gasteiger partial charge is 0.341 e. The molecule has 5 nitrogen and oxygen atoms in total. The topological polar surface area (TPSA) is 83.1 Å². The first-order valence-corrected chi connectivity index (χ1v) is 7.08. The molecule has 0 saturated carbocycles. The fourth-order valence-electron chi connectivity index (χ4n) is 2.95. The van der Waals surface area contributed by atoms with Gasteiger partial charge in [-0.2, -0.15) is 5.26 Å². The van der Waals surface area contributed by atoms with Crippen molar-refractivity contribution in [2.75, 3.05) is 0 Å². The summed E-state index contributed by atoms with van der Waals surface area (Å²) >= 11 is 0. The molecule has 0 unspecified atom stereocenters. The van der Waals surface area contributed by atoms with Gasteiger partial charge < -0.3 is 5.11 Å². The number of benzene rings is 1. The Labute approximate surface area is 127 Å². The molecular formula is C17H14N2O3. The summed E-state index contributed by atoms with van der Waals surface area (Å²) in [5.74, 6) is -1.28. The van der Waals surface area contributed by atoms with E-state index in [2.05, 4.69) is 0 Å². The number of pyridine rings is 1. The Balaban J connectivity index is 2.18. The highest BCUT2D eigenvalue weighted by molar-refractivity contribution is 5.87. The minimum atomic E-state index is -1.28. The van der Waals surface area contributed by atoms with Crippen molar-refractivity contribution in [2.45, 2.75) is 25.8 Å². The first kappa shape index (κ1) is 14.1. The molecule has 1 aromatic heterocycles. The van der Waals surface area contributed by atoms with E-state index in [0.717, 1.165) is 24.8 Å². The van der Waals surface area contributed by atoms with Gasteiger partial charge in [0.15, 0.2) is 0 Å². The van der Waals surface area contributed by atoms with E-state index in [1.54, 1.807) is 6.07 Å². The van der Waals surface area contributed by atoms with Gasteiger partial charge in [-0.3, -0.25) is 9.36 Å². The lowest BCUT2D eigenvalue weighted by Gasteiger charge is -2.12. The molecule has 0 aliphatic heterocycles. The third-order valence-corrected chi connectivity index (χ3v) is 4.03. The number of carboxylic acids is 1. The number of rotatable bonds is 3. The van der Waals surface area contributed by atoms with E-state index >= 15 is 0 Å². The monoisotopic (exact) mass is 294 g/mol. The highest BCUT2D eigenvalue weighted by Crippen LogP contribution is 2.27. The van der Waals surface area contributed by atoms with Gasteiger partial charge in [0.1, 0.15) is 12.1 Å². The van der Waals surface area contributed by atoms with Crippen LogP contribution in [0.2, 0.25) is 0 Å². The van der Waals surface area contributed by atoms with Crippen LogP contribution in [0, 0.1) is 11.3 Å². The van der Waals surface area contributed by atoms with Crippen molar-refractivity contribution in [1.29, 1.82) is 5.26 Å². The van der Waals surface area contributed by atoms with E-state index in [0.29, 0.717) is 5.69 Å². The van der Waals surface area contributed by atoms with Crippen LogP contribution in [0.1, 0.15) is 27.9 Å². The Bertz CT molecular complexity index is 859. The number of aromatic carboxylic acids is 1. The van der Waals surface area contributed by atoms with Crippen molar-refractivity contribution in [1.82, 2.24) is 4.57 Å². The van der Waals surface area contributed by atoms with Crippen LogP contribution >= 0.6 is 0 Å². The minimum absolute atomic E-state index is 0.174. The van der Waals surface area contributed by atoms with Gasteiger partial charge in [0, 0.05) is 0 Å². The van der Waals surface area contributed by atoms with Crippen LogP contribution in [0.5, 0.6) is 0 Å². The van der Waals surface area contributed by atoms with E-state index in [1.165, 1.54) is 21.8 Å². The van der Waals surface area contributed by atoms with Gasteiger partial charge in [0.05, 0.1) is 11.8 Å². The predicted octanol–water partition coefficient (Wildman–Crippen LogP) is 2.23. The van der Waals surface area contributed by atoms with Gasteiger partial charge >= 0.3 is 5.97 Å². The van der Waals surface area contributed by atoms with Crippen LogP contribution in [0.3, 0.4) is 0 Å². The molecule has 110 valence electrons. The van der Waals surface area contributed by atoms with Crippen molar-refractivity contribution in [3.05, 3.63) is 57.4 Å². The second-order valence-electron chi connectivity index (χ2n) is 5.32. The standard InChI is InChI=1S/C17H14N2O3/c18-8-9-19-15(7-6-14(16(19)20)17(21)22)13-5-4-11-2-1-3-12(11)10-13/h4-7,10H,1-3,9H2,(H,21,22). The molecule has 1 aromatic carbocycles. The third-order valence-electron chi connectivity index (χ3n) is 4.03. The molecule has 1 heterocycles. The fourth-order valence-corrected chi connectivity index (χ4v) is 2.95. The number of nitrogens with zero attached hydrogens (tertiary/aromatic N) is 2. The molecule has 0 spiro atoms. The first-order valence-electron chi connectivity index (χ1n) is 7.08. The summed E-state index contributed by atoms with van der Waals surface area (Å²) in [5, 5.41) is 18.0. The van der Waals surface area contributed by atoms with Crippen molar-refractivity contribution in [3.63, 3.8) is 0 Å². The van der Waals surface area contributed by atoms with Gasteiger partial charge in [-0.25, -0.2) is 4.79 Å². The zero-order valence-electron chi connectivity index (χ0n) is 11.9. The number of hydrogen-bond acceptors (Lipinski definition) is 3. The Hall–Kier alpha value is -2.87. The largest absolute Gasteiger partial charge is 0.477 e. The summed E-state index contributed by atoms with van der Waals surface area (Å²) in [6.45, 7) is -0.174. The van der Waals surface area contributed by atoms with E-state index in [-0.39, 0.29) is 12.1 Å². The number of hydrogen-bond donors (Lipinski definition) is 1. The number of nitriles is 1. The maximum Gasteiger partial charge on any atom is 0.341 e. The molecule has 22 heavy (non-hydrogen) atoms. The van der Waals surface area contributed by atoms with Crippen LogP contribution in [0.4, 0.5) is 0 Å². The van der Waals surface area contributed by atoms with Crippen molar-refractivity contribution in [2.24, 2.45) is 0 Å². The lowest BCUT2D eigenvalue weighted by molar-refractivity contribution is 0.0694. The molecule has 0 fully saturated rings. The molecule has 1 N–H and O–H groups in total. The number of aryl methyl sites for hydroxylation is 2. The Morgan fingerprint density at radius 2 is 2.00 bits per heavy atom. The predicted molar refractivity (Wildman–Crippen MR) is 80.7 cm³/mol. The summed E-state index contributed by atoms with van der Waals surface area (Å²) in [6.07, 6.45) is 3.21. The van der Waals surface area contributed by atoms with Crippen molar-refractivity contribution < 1.29 is 9.90 Å². The second kappa shape index (κ2) is 5.49. The maximum absolute atomic E-state index is 12.3. The average Bonchev–Trinajstić information content (AvgIpc) is 2.96. The fraction of sp³-hybridized carbons (Fsp3) is 0.235. The molecule has 2 aromatic rings. The molecular weight excluding hydrogens is 280 g/mol. The molecule has 0 atom stereocenters. The maximum atomic E-state index is 12.3. The summed E-state index contributed by atoms with van der Waals surface area (Å²) in [7, 11) is 0. The number of carbonyl (C=O) groups is 1. The molecule has 0 amide bonds. The van der Waals surface area contributed by atoms with Gasteiger partial charge in [0.2, 0.25) is 0 Å². The quantitative estimate of drug-likeness (QED) is 0.941. The zero-order chi connectivity index (χ0) is 15.7. The SMILES string of the molecule is N#CCn1c(-c2ccc3c(c2)CCC3)ccc(C(=O)O)c1=O. The minimum Gasteiger partial charge on any atom is -0.477 e. The molecule has 0 bridgehead atoms. The third kappa shape index (κ3) is 2.29. The Morgan fingerprint density at radius 3 is 2.73 bits per heavy atom. The first-order chi connectivity index (χ1) is 10.6. The highest BCUT2D eigenvalue weighted by Gasteiger charge is 2.17. The molecule has 1 aliphatic carbocycles. The molecule has 1 aliphatic rings.